The predicted molar refractivity (Wildman–Crippen MR) is 122 cm³/mol. The van der Waals surface area contributed by atoms with Gasteiger partial charge in [-0.25, -0.2) is 0 Å². The van der Waals surface area contributed by atoms with E-state index in [-0.39, 0.29) is 17.9 Å². The highest BCUT2D eigenvalue weighted by atomic mass is 16.5. The molecule has 0 unspecified atom stereocenters. The van der Waals surface area contributed by atoms with Crippen LogP contribution in [-0.2, 0) is 22.4 Å². The van der Waals surface area contributed by atoms with Gasteiger partial charge in [-0.05, 0) is 37.0 Å². The molecule has 1 N–H and O–H groups in total. The van der Waals surface area contributed by atoms with Crippen molar-refractivity contribution < 1.29 is 23.8 Å². The molecule has 0 saturated carbocycles. The number of carbonyl (C=O) groups is 2. The normalized spacial score (nSPS) is 14.0. The van der Waals surface area contributed by atoms with E-state index in [1.807, 2.05) is 47.4 Å². The van der Waals surface area contributed by atoms with E-state index in [4.69, 9.17) is 14.2 Å². The van der Waals surface area contributed by atoms with Crippen molar-refractivity contribution in [3.05, 3.63) is 53.6 Å². The standard InChI is InChI=1S/C25H32N2O5/c1-30-21-9-5-4-7-19(21)17-24(29)27-15-13-20(14-16-27)26-23(28)12-11-18-8-6-10-22(31-2)25(18)32-3/h4-10,20H,11-17H2,1-3H3,(H,26,28). The first kappa shape index (κ1) is 23.4. The van der Waals surface area contributed by atoms with Gasteiger partial charge in [-0.3, -0.25) is 9.59 Å². The van der Waals surface area contributed by atoms with Gasteiger partial charge in [0.1, 0.15) is 5.75 Å². The summed E-state index contributed by atoms with van der Waals surface area (Å²) >= 11 is 0. The number of carbonyl (C=O) groups excluding carboxylic acids is 2. The third kappa shape index (κ3) is 5.93. The average molecular weight is 441 g/mol. The topological polar surface area (TPSA) is 77.1 Å². The summed E-state index contributed by atoms with van der Waals surface area (Å²) < 4.78 is 16.1. The average Bonchev–Trinajstić information content (AvgIpc) is 2.83. The van der Waals surface area contributed by atoms with E-state index in [1.165, 1.54) is 0 Å². The van der Waals surface area contributed by atoms with Crippen molar-refractivity contribution in [2.45, 2.75) is 38.1 Å². The second-order valence-corrected chi connectivity index (χ2v) is 7.86. The molecular weight excluding hydrogens is 408 g/mol. The Morgan fingerprint density at radius 1 is 0.906 bits per heavy atom. The number of ether oxygens (including phenoxy) is 3. The molecule has 2 amide bonds. The van der Waals surface area contributed by atoms with Gasteiger partial charge in [0.2, 0.25) is 11.8 Å². The van der Waals surface area contributed by atoms with E-state index < -0.39 is 0 Å². The number of nitrogens with zero attached hydrogens (tertiary/aromatic N) is 1. The number of benzene rings is 2. The van der Waals surface area contributed by atoms with Gasteiger partial charge < -0.3 is 24.4 Å². The maximum atomic E-state index is 12.7. The number of methoxy groups -OCH3 is 3. The highest BCUT2D eigenvalue weighted by Gasteiger charge is 2.24. The molecule has 2 aromatic rings. The van der Waals surface area contributed by atoms with Crippen LogP contribution in [0.4, 0.5) is 0 Å². The van der Waals surface area contributed by atoms with Crippen LogP contribution in [0.25, 0.3) is 0 Å². The molecule has 32 heavy (non-hydrogen) atoms. The first-order valence-corrected chi connectivity index (χ1v) is 10.9. The minimum atomic E-state index is 0.00803. The molecule has 3 rings (SSSR count). The number of rotatable bonds is 9. The van der Waals surface area contributed by atoms with E-state index in [2.05, 4.69) is 5.32 Å². The van der Waals surface area contributed by atoms with Crippen molar-refractivity contribution in [2.24, 2.45) is 0 Å². The molecule has 1 fully saturated rings. The molecule has 1 heterocycles. The number of piperidine rings is 1. The smallest absolute Gasteiger partial charge is 0.227 e. The summed E-state index contributed by atoms with van der Waals surface area (Å²) in [5, 5.41) is 3.11. The quantitative estimate of drug-likeness (QED) is 0.649. The number of hydrogen-bond donors (Lipinski definition) is 1. The zero-order valence-electron chi connectivity index (χ0n) is 19.1. The molecule has 0 spiro atoms. The molecule has 7 heteroatoms. The molecule has 0 bridgehead atoms. The predicted octanol–water partition coefficient (Wildman–Crippen LogP) is 2.99. The second kappa shape index (κ2) is 11.4. The molecule has 172 valence electrons. The van der Waals surface area contributed by atoms with Gasteiger partial charge in [-0.1, -0.05) is 30.3 Å². The highest BCUT2D eigenvalue weighted by molar-refractivity contribution is 5.80. The lowest BCUT2D eigenvalue weighted by atomic mass is 10.0. The van der Waals surface area contributed by atoms with Gasteiger partial charge in [0.15, 0.2) is 11.5 Å². The zero-order chi connectivity index (χ0) is 22.9. The number of para-hydroxylation sites is 2. The summed E-state index contributed by atoms with van der Waals surface area (Å²) in [4.78, 5) is 27.1. The summed E-state index contributed by atoms with van der Waals surface area (Å²) in [5.74, 6) is 2.16. The van der Waals surface area contributed by atoms with Crippen LogP contribution in [0.1, 0.15) is 30.4 Å². The summed E-state index contributed by atoms with van der Waals surface area (Å²) in [6.45, 7) is 1.28. The Bertz CT molecular complexity index is 922. The van der Waals surface area contributed by atoms with Crippen molar-refractivity contribution >= 4 is 11.8 Å². The Labute approximate surface area is 189 Å². The van der Waals surface area contributed by atoms with Gasteiger partial charge in [0.25, 0.3) is 0 Å². The fraction of sp³-hybridized carbons (Fsp3) is 0.440. The van der Waals surface area contributed by atoms with Crippen LogP contribution in [0.3, 0.4) is 0 Å². The highest BCUT2D eigenvalue weighted by Crippen LogP contribution is 2.31. The third-order valence-electron chi connectivity index (χ3n) is 5.85. The van der Waals surface area contributed by atoms with E-state index in [9.17, 15) is 9.59 Å². The number of amides is 2. The largest absolute Gasteiger partial charge is 0.496 e. The van der Waals surface area contributed by atoms with Gasteiger partial charge in [0.05, 0.1) is 27.8 Å². The number of hydrogen-bond acceptors (Lipinski definition) is 5. The molecule has 0 atom stereocenters. The minimum Gasteiger partial charge on any atom is -0.496 e. The Morgan fingerprint density at radius 3 is 2.25 bits per heavy atom. The molecule has 7 nitrogen and oxygen atoms in total. The van der Waals surface area contributed by atoms with Crippen LogP contribution in [0.2, 0.25) is 0 Å². The Kier molecular flexibility index (Phi) is 8.36. The fourth-order valence-corrected chi connectivity index (χ4v) is 4.10. The van der Waals surface area contributed by atoms with Crippen molar-refractivity contribution in [2.75, 3.05) is 34.4 Å². The molecule has 1 aliphatic heterocycles. The molecular formula is C25H32N2O5. The Balaban J connectivity index is 1.45. The maximum absolute atomic E-state index is 12.7. The lowest BCUT2D eigenvalue weighted by Crippen LogP contribution is -2.47. The fourth-order valence-electron chi connectivity index (χ4n) is 4.10. The first-order valence-electron chi connectivity index (χ1n) is 10.9. The van der Waals surface area contributed by atoms with Crippen molar-refractivity contribution in [3.8, 4) is 17.2 Å². The van der Waals surface area contributed by atoms with Gasteiger partial charge in [0, 0.05) is 31.1 Å². The van der Waals surface area contributed by atoms with Crippen molar-refractivity contribution in [3.63, 3.8) is 0 Å². The van der Waals surface area contributed by atoms with Gasteiger partial charge in [-0.15, -0.1) is 0 Å². The minimum absolute atomic E-state index is 0.00803. The third-order valence-corrected chi connectivity index (χ3v) is 5.85. The van der Waals surface area contributed by atoms with Crippen LogP contribution in [0.5, 0.6) is 17.2 Å². The summed E-state index contributed by atoms with van der Waals surface area (Å²) in [6.07, 6.45) is 2.78. The van der Waals surface area contributed by atoms with E-state index in [0.29, 0.717) is 43.9 Å². The maximum Gasteiger partial charge on any atom is 0.227 e. The van der Waals surface area contributed by atoms with Gasteiger partial charge >= 0.3 is 0 Å². The number of aryl methyl sites for hydroxylation is 1. The summed E-state index contributed by atoms with van der Waals surface area (Å²) in [5.41, 5.74) is 1.84. The Hall–Kier alpha value is -3.22. The van der Waals surface area contributed by atoms with Crippen molar-refractivity contribution in [1.29, 1.82) is 0 Å². The van der Waals surface area contributed by atoms with Crippen LogP contribution in [-0.4, -0.2) is 57.2 Å². The van der Waals surface area contributed by atoms with E-state index in [1.54, 1.807) is 21.3 Å². The van der Waals surface area contributed by atoms with Crippen molar-refractivity contribution in [1.82, 2.24) is 10.2 Å². The van der Waals surface area contributed by atoms with Crippen LogP contribution in [0, 0.1) is 0 Å². The SMILES string of the molecule is COc1ccccc1CC(=O)N1CCC(NC(=O)CCc2cccc(OC)c2OC)CC1. The molecule has 1 saturated heterocycles. The first-order chi connectivity index (χ1) is 15.5. The zero-order valence-corrected chi connectivity index (χ0v) is 19.1. The summed E-state index contributed by atoms with van der Waals surface area (Å²) in [6, 6.07) is 13.4. The van der Waals surface area contributed by atoms with E-state index >= 15 is 0 Å². The van der Waals surface area contributed by atoms with Crippen LogP contribution >= 0.6 is 0 Å². The second-order valence-electron chi connectivity index (χ2n) is 7.86. The monoisotopic (exact) mass is 440 g/mol. The molecule has 0 radical (unpaired) electrons. The molecule has 1 aliphatic rings. The van der Waals surface area contributed by atoms with Crippen LogP contribution < -0.4 is 19.5 Å². The summed E-state index contributed by atoms with van der Waals surface area (Å²) in [7, 11) is 4.81. The Morgan fingerprint density at radius 2 is 1.56 bits per heavy atom. The van der Waals surface area contributed by atoms with E-state index in [0.717, 1.165) is 29.7 Å². The van der Waals surface area contributed by atoms with Gasteiger partial charge in [-0.2, -0.15) is 0 Å². The molecule has 0 aliphatic carbocycles. The van der Waals surface area contributed by atoms with Crippen LogP contribution in [0.15, 0.2) is 42.5 Å². The molecule has 0 aromatic heterocycles. The number of nitrogens with one attached hydrogen (secondary N) is 1. The number of likely N-dealkylation sites (tertiary alicyclic amines) is 1. The molecule has 2 aromatic carbocycles. The lowest BCUT2D eigenvalue weighted by Gasteiger charge is -2.32. The lowest BCUT2D eigenvalue weighted by molar-refractivity contribution is -0.131.